The smallest absolute Gasteiger partial charge is 0.225 e. The van der Waals surface area contributed by atoms with Crippen LogP contribution in [0.1, 0.15) is 13.3 Å². The Morgan fingerprint density at radius 2 is 2.24 bits per heavy atom. The van der Waals surface area contributed by atoms with Crippen LogP contribution in [0.2, 0.25) is 5.02 Å². The summed E-state index contributed by atoms with van der Waals surface area (Å²) >= 11 is 7.62. The summed E-state index contributed by atoms with van der Waals surface area (Å²) in [5.74, 6) is 0.959. The lowest BCUT2D eigenvalue weighted by Crippen LogP contribution is -2.19. The first-order valence-corrected chi connectivity index (χ1v) is 6.90. The normalized spacial score (nSPS) is 10.3. The molecule has 0 unspecified atom stereocenters. The van der Waals surface area contributed by atoms with E-state index in [1.807, 2.05) is 19.2 Å². The Labute approximate surface area is 111 Å². The summed E-state index contributed by atoms with van der Waals surface area (Å²) in [4.78, 5) is 12.7. The highest BCUT2D eigenvalue weighted by Gasteiger charge is 2.07. The summed E-state index contributed by atoms with van der Waals surface area (Å²) in [6, 6.07) is 5.56. The Kier molecular flexibility index (Phi) is 6.40. The monoisotopic (exact) mass is 272 g/mol. The van der Waals surface area contributed by atoms with E-state index < -0.39 is 0 Å². The van der Waals surface area contributed by atoms with Gasteiger partial charge in [0.25, 0.3) is 0 Å². The quantitative estimate of drug-likeness (QED) is 0.782. The van der Waals surface area contributed by atoms with E-state index in [0.717, 1.165) is 16.3 Å². The molecule has 0 atom stereocenters. The lowest BCUT2D eigenvalue weighted by Gasteiger charge is -2.10. The van der Waals surface area contributed by atoms with Crippen molar-refractivity contribution in [2.45, 2.75) is 18.2 Å². The zero-order chi connectivity index (χ0) is 12.7. The molecule has 0 saturated carbocycles. The van der Waals surface area contributed by atoms with Crippen molar-refractivity contribution in [2.75, 3.05) is 24.7 Å². The summed E-state index contributed by atoms with van der Waals surface area (Å²) in [5.41, 5.74) is 0.797. The molecule has 0 aliphatic carbocycles. The van der Waals surface area contributed by atoms with E-state index in [1.165, 1.54) is 0 Å². The predicted molar refractivity (Wildman–Crippen MR) is 75.0 cm³/mol. The fourth-order valence-corrected chi connectivity index (χ4v) is 2.25. The SMILES string of the molecule is CCSc1ccc(Cl)cc1NC(=O)CCNC. The number of hydrogen-bond donors (Lipinski definition) is 2. The molecule has 1 rings (SSSR count). The molecule has 1 aromatic rings. The van der Waals surface area contributed by atoms with Gasteiger partial charge in [-0.2, -0.15) is 0 Å². The maximum atomic E-state index is 11.6. The second-order valence-electron chi connectivity index (χ2n) is 3.48. The lowest BCUT2D eigenvalue weighted by atomic mass is 10.3. The van der Waals surface area contributed by atoms with E-state index in [0.29, 0.717) is 18.0 Å². The summed E-state index contributed by atoms with van der Waals surface area (Å²) < 4.78 is 0. The standard InChI is InChI=1S/C12H17ClN2OS/c1-3-17-11-5-4-9(13)8-10(11)15-12(16)6-7-14-2/h4-5,8,14H,3,6-7H2,1-2H3,(H,15,16). The second kappa shape index (κ2) is 7.58. The van der Waals surface area contributed by atoms with Crippen LogP contribution in [0.15, 0.2) is 23.1 Å². The number of rotatable bonds is 6. The molecular weight excluding hydrogens is 256 g/mol. The number of nitrogens with one attached hydrogen (secondary N) is 2. The molecule has 2 N–H and O–H groups in total. The van der Waals surface area contributed by atoms with E-state index >= 15 is 0 Å². The molecule has 3 nitrogen and oxygen atoms in total. The second-order valence-corrected chi connectivity index (χ2v) is 5.22. The van der Waals surface area contributed by atoms with Crippen molar-refractivity contribution in [2.24, 2.45) is 0 Å². The summed E-state index contributed by atoms with van der Waals surface area (Å²) in [7, 11) is 1.82. The van der Waals surface area contributed by atoms with Gasteiger partial charge in [0.1, 0.15) is 0 Å². The van der Waals surface area contributed by atoms with Crippen LogP contribution >= 0.6 is 23.4 Å². The van der Waals surface area contributed by atoms with Crippen molar-refractivity contribution >= 4 is 35.0 Å². The number of halogens is 1. The van der Waals surface area contributed by atoms with Crippen molar-refractivity contribution in [1.29, 1.82) is 0 Å². The summed E-state index contributed by atoms with van der Waals surface area (Å²) in [6.45, 7) is 2.74. The van der Waals surface area contributed by atoms with Gasteiger partial charge >= 0.3 is 0 Å². The minimum Gasteiger partial charge on any atom is -0.325 e. The fourth-order valence-electron chi connectivity index (χ4n) is 1.33. The molecule has 94 valence electrons. The highest BCUT2D eigenvalue weighted by atomic mass is 35.5. The molecule has 1 aromatic carbocycles. The van der Waals surface area contributed by atoms with Crippen LogP contribution in [0.5, 0.6) is 0 Å². The van der Waals surface area contributed by atoms with Crippen LogP contribution < -0.4 is 10.6 Å². The third kappa shape index (κ3) is 4.98. The maximum absolute atomic E-state index is 11.6. The van der Waals surface area contributed by atoms with Crippen LogP contribution in [0.4, 0.5) is 5.69 Å². The molecule has 1 amide bonds. The van der Waals surface area contributed by atoms with E-state index in [-0.39, 0.29) is 5.91 Å². The molecule has 0 fully saturated rings. The van der Waals surface area contributed by atoms with Gasteiger partial charge in [-0.1, -0.05) is 18.5 Å². The van der Waals surface area contributed by atoms with Crippen LogP contribution in [0.25, 0.3) is 0 Å². The van der Waals surface area contributed by atoms with Crippen LogP contribution in [-0.4, -0.2) is 25.3 Å². The third-order valence-electron chi connectivity index (χ3n) is 2.12. The molecule has 17 heavy (non-hydrogen) atoms. The number of amides is 1. The third-order valence-corrected chi connectivity index (χ3v) is 3.31. The van der Waals surface area contributed by atoms with Gasteiger partial charge in [-0.05, 0) is 31.0 Å². The molecule has 0 radical (unpaired) electrons. The van der Waals surface area contributed by atoms with E-state index in [2.05, 4.69) is 17.6 Å². The van der Waals surface area contributed by atoms with E-state index in [9.17, 15) is 4.79 Å². The molecule has 0 aromatic heterocycles. The molecule has 0 aliphatic heterocycles. The minimum atomic E-state index is -0.000398. The number of carbonyl (C=O) groups is 1. The first kappa shape index (κ1) is 14.4. The number of carbonyl (C=O) groups excluding carboxylic acids is 1. The topological polar surface area (TPSA) is 41.1 Å². The van der Waals surface area contributed by atoms with Gasteiger partial charge in [0.05, 0.1) is 5.69 Å². The van der Waals surface area contributed by atoms with Gasteiger partial charge in [0, 0.05) is 22.9 Å². The molecule has 0 heterocycles. The summed E-state index contributed by atoms with van der Waals surface area (Å²) in [6.07, 6.45) is 0.458. The average Bonchev–Trinajstić information content (AvgIpc) is 2.30. The Morgan fingerprint density at radius 1 is 1.47 bits per heavy atom. The van der Waals surface area contributed by atoms with Crippen LogP contribution in [-0.2, 0) is 4.79 Å². The number of hydrogen-bond acceptors (Lipinski definition) is 3. The van der Waals surface area contributed by atoms with Gasteiger partial charge in [-0.3, -0.25) is 4.79 Å². The largest absolute Gasteiger partial charge is 0.325 e. The van der Waals surface area contributed by atoms with Gasteiger partial charge in [-0.15, -0.1) is 11.8 Å². The van der Waals surface area contributed by atoms with Crippen molar-refractivity contribution in [1.82, 2.24) is 5.32 Å². The van der Waals surface area contributed by atoms with Crippen molar-refractivity contribution in [3.63, 3.8) is 0 Å². The molecule has 0 spiro atoms. The fraction of sp³-hybridized carbons (Fsp3) is 0.417. The zero-order valence-corrected chi connectivity index (χ0v) is 11.6. The first-order valence-electron chi connectivity index (χ1n) is 5.54. The van der Waals surface area contributed by atoms with Gasteiger partial charge in [0.15, 0.2) is 0 Å². The summed E-state index contributed by atoms with van der Waals surface area (Å²) in [5, 5.41) is 6.46. The number of anilines is 1. The Morgan fingerprint density at radius 3 is 2.88 bits per heavy atom. The Balaban J connectivity index is 2.73. The zero-order valence-electron chi connectivity index (χ0n) is 10.0. The number of benzene rings is 1. The van der Waals surface area contributed by atoms with Crippen LogP contribution in [0, 0.1) is 0 Å². The van der Waals surface area contributed by atoms with Crippen molar-refractivity contribution < 1.29 is 4.79 Å². The minimum absolute atomic E-state index is 0.000398. The molecule has 0 aliphatic rings. The van der Waals surface area contributed by atoms with Gasteiger partial charge in [0.2, 0.25) is 5.91 Å². The van der Waals surface area contributed by atoms with Crippen molar-refractivity contribution in [3.8, 4) is 0 Å². The first-order chi connectivity index (χ1) is 8.17. The van der Waals surface area contributed by atoms with E-state index in [1.54, 1.807) is 17.8 Å². The number of thioether (sulfide) groups is 1. The maximum Gasteiger partial charge on any atom is 0.225 e. The Bertz CT molecular complexity index is 385. The van der Waals surface area contributed by atoms with Crippen molar-refractivity contribution in [3.05, 3.63) is 23.2 Å². The lowest BCUT2D eigenvalue weighted by molar-refractivity contribution is -0.116. The predicted octanol–water partition coefficient (Wildman–Crippen LogP) is 3.00. The van der Waals surface area contributed by atoms with Gasteiger partial charge in [-0.25, -0.2) is 0 Å². The highest BCUT2D eigenvalue weighted by molar-refractivity contribution is 7.99. The highest BCUT2D eigenvalue weighted by Crippen LogP contribution is 2.29. The molecule has 5 heteroatoms. The Hall–Kier alpha value is -0.710. The molecular formula is C12H17ClN2OS. The average molecular weight is 273 g/mol. The van der Waals surface area contributed by atoms with E-state index in [4.69, 9.17) is 11.6 Å². The molecule has 0 bridgehead atoms. The van der Waals surface area contributed by atoms with Crippen LogP contribution in [0.3, 0.4) is 0 Å². The molecule has 0 saturated heterocycles. The van der Waals surface area contributed by atoms with Gasteiger partial charge < -0.3 is 10.6 Å².